The Bertz CT molecular complexity index is 146. The molecule has 1 rings (SSSR count). The Morgan fingerprint density at radius 3 is 2.50 bits per heavy atom. The summed E-state index contributed by atoms with van der Waals surface area (Å²) in [7, 11) is 0. The van der Waals surface area contributed by atoms with Gasteiger partial charge in [-0.05, 0) is 19.8 Å². The van der Waals surface area contributed by atoms with E-state index in [0.29, 0.717) is 12.8 Å². The van der Waals surface area contributed by atoms with E-state index in [1.165, 1.54) is 6.92 Å². The van der Waals surface area contributed by atoms with E-state index in [4.69, 9.17) is 0 Å². The summed E-state index contributed by atoms with van der Waals surface area (Å²) in [6, 6.07) is 0.201. The van der Waals surface area contributed by atoms with Crippen LogP contribution in [0.1, 0.15) is 26.7 Å². The third kappa shape index (κ3) is 1.70. The Labute approximate surface area is 60.4 Å². The summed E-state index contributed by atoms with van der Waals surface area (Å²) in [4.78, 5) is 10.5. The van der Waals surface area contributed by atoms with Gasteiger partial charge in [-0.3, -0.25) is 4.79 Å². The minimum atomic E-state index is -0.535. The molecular formula is C7H13NO2. The summed E-state index contributed by atoms with van der Waals surface area (Å²) in [5.74, 6) is -0.0134. The van der Waals surface area contributed by atoms with E-state index in [9.17, 15) is 9.90 Å². The van der Waals surface area contributed by atoms with Crippen molar-refractivity contribution in [2.24, 2.45) is 0 Å². The number of amides is 1. The second-order valence-electron chi connectivity index (χ2n) is 3.30. The van der Waals surface area contributed by atoms with Crippen LogP contribution < -0.4 is 5.32 Å². The zero-order valence-corrected chi connectivity index (χ0v) is 6.35. The topological polar surface area (TPSA) is 49.3 Å². The van der Waals surface area contributed by atoms with Crippen molar-refractivity contribution in [2.45, 2.75) is 38.3 Å². The molecule has 1 aliphatic rings. The second kappa shape index (κ2) is 2.23. The van der Waals surface area contributed by atoms with Crippen LogP contribution in [0.2, 0.25) is 0 Å². The van der Waals surface area contributed by atoms with Crippen LogP contribution in [0.5, 0.6) is 0 Å². The molecule has 3 nitrogen and oxygen atoms in total. The molecule has 0 saturated heterocycles. The fourth-order valence-electron chi connectivity index (χ4n) is 1.39. The van der Waals surface area contributed by atoms with Gasteiger partial charge in [-0.2, -0.15) is 0 Å². The van der Waals surface area contributed by atoms with Crippen LogP contribution in [0, 0.1) is 0 Å². The lowest BCUT2D eigenvalue weighted by molar-refractivity contribution is -0.122. The molecule has 10 heavy (non-hydrogen) atoms. The van der Waals surface area contributed by atoms with Crippen LogP contribution in [0.15, 0.2) is 0 Å². The molecule has 1 fully saturated rings. The Morgan fingerprint density at radius 1 is 1.70 bits per heavy atom. The molecule has 0 aliphatic heterocycles. The average molecular weight is 143 g/mol. The molecule has 58 valence electrons. The zero-order valence-electron chi connectivity index (χ0n) is 6.35. The van der Waals surface area contributed by atoms with E-state index in [2.05, 4.69) is 5.32 Å². The van der Waals surface area contributed by atoms with E-state index in [-0.39, 0.29) is 11.9 Å². The Kier molecular flexibility index (Phi) is 1.68. The van der Waals surface area contributed by atoms with Gasteiger partial charge in [-0.15, -0.1) is 0 Å². The predicted octanol–water partition coefficient (Wildman–Crippen LogP) is 0.0359. The van der Waals surface area contributed by atoms with Gasteiger partial charge in [-0.1, -0.05) is 0 Å². The van der Waals surface area contributed by atoms with Gasteiger partial charge in [0.1, 0.15) is 0 Å². The maximum absolute atomic E-state index is 10.5. The van der Waals surface area contributed by atoms with Gasteiger partial charge in [0, 0.05) is 13.0 Å². The van der Waals surface area contributed by atoms with Gasteiger partial charge in [0.05, 0.1) is 5.60 Å². The first-order valence-corrected chi connectivity index (χ1v) is 3.49. The van der Waals surface area contributed by atoms with Crippen LogP contribution in [-0.4, -0.2) is 22.7 Å². The number of hydrogen-bond donors (Lipinski definition) is 2. The molecule has 0 heterocycles. The van der Waals surface area contributed by atoms with Crippen LogP contribution in [0.25, 0.3) is 0 Å². The molecular weight excluding hydrogens is 130 g/mol. The smallest absolute Gasteiger partial charge is 0.217 e. The van der Waals surface area contributed by atoms with E-state index in [0.717, 1.165) is 0 Å². The van der Waals surface area contributed by atoms with Crippen molar-refractivity contribution in [2.75, 3.05) is 0 Å². The molecule has 1 aliphatic carbocycles. The maximum Gasteiger partial charge on any atom is 0.217 e. The van der Waals surface area contributed by atoms with Crippen LogP contribution >= 0.6 is 0 Å². The van der Waals surface area contributed by atoms with Crippen molar-refractivity contribution >= 4 is 5.91 Å². The van der Waals surface area contributed by atoms with Crippen molar-refractivity contribution in [3.05, 3.63) is 0 Å². The SMILES string of the molecule is CC(=O)NC1CC(C)(O)C1. The maximum atomic E-state index is 10.5. The molecule has 0 aromatic rings. The molecule has 0 atom stereocenters. The first-order chi connectivity index (χ1) is 4.49. The number of aliphatic hydroxyl groups is 1. The van der Waals surface area contributed by atoms with Crippen molar-refractivity contribution < 1.29 is 9.90 Å². The van der Waals surface area contributed by atoms with Crippen molar-refractivity contribution in [1.82, 2.24) is 5.32 Å². The average Bonchev–Trinajstić information content (AvgIpc) is 1.57. The largest absolute Gasteiger partial charge is 0.390 e. The highest BCUT2D eigenvalue weighted by molar-refractivity contribution is 5.73. The van der Waals surface area contributed by atoms with Crippen LogP contribution in [0.4, 0.5) is 0 Å². The fraction of sp³-hybridized carbons (Fsp3) is 0.857. The van der Waals surface area contributed by atoms with E-state index < -0.39 is 5.60 Å². The summed E-state index contributed by atoms with van der Waals surface area (Å²) in [5.41, 5.74) is -0.535. The van der Waals surface area contributed by atoms with Crippen molar-refractivity contribution in [3.8, 4) is 0 Å². The van der Waals surface area contributed by atoms with Crippen molar-refractivity contribution in [3.63, 3.8) is 0 Å². The van der Waals surface area contributed by atoms with Gasteiger partial charge in [0.15, 0.2) is 0 Å². The summed E-state index contributed by atoms with van der Waals surface area (Å²) in [5, 5.41) is 12.0. The Morgan fingerprint density at radius 2 is 2.20 bits per heavy atom. The lowest BCUT2D eigenvalue weighted by Gasteiger charge is -2.40. The summed E-state index contributed by atoms with van der Waals surface area (Å²) in [6.07, 6.45) is 1.37. The summed E-state index contributed by atoms with van der Waals surface area (Å²) in [6.45, 7) is 3.28. The highest BCUT2D eigenvalue weighted by Crippen LogP contribution is 2.30. The van der Waals surface area contributed by atoms with Gasteiger partial charge in [0.2, 0.25) is 5.91 Å². The standard InChI is InChI=1S/C7H13NO2/c1-5(9)8-6-3-7(2,10)4-6/h6,10H,3-4H2,1-2H3,(H,8,9). The van der Waals surface area contributed by atoms with Gasteiger partial charge < -0.3 is 10.4 Å². The zero-order chi connectivity index (χ0) is 7.78. The highest BCUT2D eigenvalue weighted by Gasteiger charge is 2.38. The first-order valence-electron chi connectivity index (χ1n) is 3.49. The quantitative estimate of drug-likeness (QED) is 0.544. The minimum Gasteiger partial charge on any atom is -0.390 e. The number of carbonyl (C=O) groups excluding carboxylic acids is 1. The molecule has 1 saturated carbocycles. The lowest BCUT2D eigenvalue weighted by Crippen LogP contribution is -2.52. The Balaban J connectivity index is 2.21. The molecule has 0 bridgehead atoms. The third-order valence-electron chi connectivity index (χ3n) is 1.78. The van der Waals surface area contributed by atoms with Gasteiger partial charge in [0.25, 0.3) is 0 Å². The predicted molar refractivity (Wildman–Crippen MR) is 37.5 cm³/mol. The monoisotopic (exact) mass is 143 g/mol. The van der Waals surface area contributed by atoms with E-state index >= 15 is 0 Å². The van der Waals surface area contributed by atoms with Crippen LogP contribution in [0.3, 0.4) is 0 Å². The first kappa shape index (κ1) is 7.54. The minimum absolute atomic E-state index is 0.0134. The highest BCUT2D eigenvalue weighted by atomic mass is 16.3. The molecule has 0 unspecified atom stereocenters. The molecule has 0 aromatic carbocycles. The van der Waals surface area contributed by atoms with E-state index in [1.807, 2.05) is 0 Å². The molecule has 0 radical (unpaired) electrons. The third-order valence-corrected chi connectivity index (χ3v) is 1.78. The number of hydrogen-bond acceptors (Lipinski definition) is 2. The molecule has 3 heteroatoms. The summed E-state index contributed by atoms with van der Waals surface area (Å²) >= 11 is 0. The lowest BCUT2D eigenvalue weighted by atomic mass is 9.77. The number of carbonyl (C=O) groups is 1. The molecule has 2 N–H and O–H groups in total. The second-order valence-corrected chi connectivity index (χ2v) is 3.30. The van der Waals surface area contributed by atoms with Gasteiger partial charge in [-0.25, -0.2) is 0 Å². The van der Waals surface area contributed by atoms with Crippen LogP contribution in [-0.2, 0) is 4.79 Å². The normalized spacial score (nSPS) is 38.5. The molecule has 0 spiro atoms. The summed E-state index contributed by atoms with van der Waals surface area (Å²) < 4.78 is 0. The van der Waals surface area contributed by atoms with E-state index in [1.54, 1.807) is 6.92 Å². The molecule has 0 aromatic heterocycles. The van der Waals surface area contributed by atoms with Gasteiger partial charge >= 0.3 is 0 Å². The van der Waals surface area contributed by atoms with Crippen molar-refractivity contribution in [1.29, 1.82) is 0 Å². The number of nitrogens with one attached hydrogen (secondary N) is 1. The number of rotatable bonds is 1. The fourth-order valence-corrected chi connectivity index (χ4v) is 1.39. The Hall–Kier alpha value is -0.570. The molecule has 1 amide bonds.